The number of hydrogen-bond donors (Lipinski definition) is 3. The van der Waals surface area contributed by atoms with Crippen molar-refractivity contribution in [1.82, 2.24) is 0 Å². The predicted octanol–water partition coefficient (Wildman–Crippen LogP) is -1.26. The zero-order valence-corrected chi connectivity index (χ0v) is 6.11. The van der Waals surface area contributed by atoms with Gasteiger partial charge in [-0.2, -0.15) is 0 Å². The van der Waals surface area contributed by atoms with Crippen LogP contribution in [0.3, 0.4) is 0 Å². The molecule has 0 amide bonds. The van der Waals surface area contributed by atoms with Crippen LogP contribution in [0.5, 0.6) is 0 Å². The molecule has 0 aromatic heterocycles. The number of azide groups is 1. The summed E-state index contributed by atoms with van der Waals surface area (Å²) in [7, 11) is 0. The van der Waals surface area contributed by atoms with Crippen molar-refractivity contribution in [3.8, 4) is 0 Å². The Morgan fingerprint density at radius 2 is 2.17 bits per heavy atom. The average Bonchev–Trinajstić information content (AvgIpc) is 2.33. The minimum absolute atomic E-state index is 0.405. The first-order valence-corrected chi connectivity index (χ1v) is 3.37. The van der Waals surface area contributed by atoms with Crippen LogP contribution in [0, 0.1) is 0 Å². The zero-order chi connectivity index (χ0) is 9.14. The molecule has 0 spiro atoms. The van der Waals surface area contributed by atoms with Crippen LogP contribution in [0.4, 0.5) is 0 Å². The third-order valence-corrected chi connectivity index (χ3v) is 1.70. The number of ether oxygens (including phenoxy) is 1. The minimum Gasteiger partial charge on any atom is -0.394 e. The summed E-state index contributed by atoms with van der Waals surface area (Å²) in [6.45, 7) is -0.405. The highest BCUT2D eigenvalue weighted by molar-refractivity contribution is 4.91. The van der Waals surface area contributed by atoms with Crippen LogP contribution >= 0.6 is 0 Å². The third-order valence-electron chi connectivity index (χ3n) is 1.70. The molecule has 1 aliphatic rings. The summed E-state index contributed by atoms with van der Waals surface area (Å²) in [6, 6.07) is -0.921. The molecule has 0 aliphatic carbocycles. The van der Waals surface area contributed by atoms with Crippen LogP contribution < -0.4 is 0 Å². The van der Waals surface area contributed by atoms with E-state index in [0.717, 1.165) is 0 Å². The van der Waals surface area contributed by atoms with Gasteiger partial charge in [-0.05, 0) is 5.53 Å². The van der Waals surface area contributed by atoms with Crippen LogP contribution in [0.15, 0.2) is 5.11 Å². The largest absolute Gasteiger partial charge is 0.394 e. The topological polar surface area (TPSA) is 119 Å². The van der Waals surface area contributed by atoms with E-state index in [2.05, 4.69) is 14.8 Å². The molecule has 1 heterocycles. The standard InChI is InChI=1S/C5H9N3O4/c6-8-7-3-2(1-9)12-5(11)4(3)10/h2-5,9-11H,1H2/t2-,3+,4-,5?/m0/s1. The number of aliphatic hydroxyl groups excluding tert-OH is 3. The Kier molecular flexibility index (Phi) is 2.85. The molecule has 68 valence electrons. The highest BCUT2D eigenvalue weighted by Crippen LogP contribution is 2.22. The van der Waals surface area contributed by atoms with Gasteiger partial charge in [0.1, 0.15) is 6.10 Å². The maximum Gasteiger partial charge on any atom is 0.181 e. The molecule has 7 nitrogen and oxygen atoms in total. The van der Waals surface area contributed by atoms with Crippen LogP contribution in [-0.4, -0.2) is 46.5 Å². The predicted molar refractivity (Wildman–Crippen MR) is 36.9 cm³/mol. The fraction of sp³-hybridized carbons (Fsp3) is 1.00. The molecule has 7 heteroatoms. The van der Waals surface area contributed by atoms with Crippen molar-refractivity contribution in [2.45, 2.75) is 24.5 Å². The molecule has 1 unspecified atom stereocenters. The molecule has 1 saturated heterocycles. The lowest BCUT2D eigenvalue weighted by Gasteiger charge is -2.10. The van der Waals surface area contributed by atoms with Crippen molar-refractivity contribution in [3.05, 3.63) is 10.4 Å². The van der Waals surface area contributed by atoms with E-state index in [0.29, 0.717) is 0 Å². The van der Waals surface area contributed by atoms with Crippen LogP contribution in [-0.2, 0) is 4.74 Å². The van der Waals surface area contributed by atoms with E-state index in [4.69, 9.17) is 20.9 Å². The molecule has 3 N–H and O–H groups in total. The van der Waals surface area contributed by atoms with Gasteiger partial charge in [-0.3, -0.25) is 0 Å². The first-order chi connectivity index (χ1) is 5.70. The van der Waals surface area contributed by atoms with Crippen molar-refractivity contribution in [2.75, 3.05) is 6.61 Å². The molecule has 1 fully saturated rings. The van der Waals surface area contributed by atoms with E-state index in [9.17, 15) is 0 Å². The lowest BCUT2D eigenvalue weighted by Crippen LogP contribution is -2.31. The maximum atomic E-state index is 9.14. The Morgan fingerprint density at radius 1 is 1.50 bits per heavy atom. The Labute approximate surface area is 67.8 Å². The molecule has 0 aromatic rings. The molecule has 0 radical (unpaired) electrons. The van der Waals surface area contributed by atoms with Crippen molar-refractivity contribution in [2.24, 2.45) is 5.11 Å². The highest BCUT2D eigenvalue weighted by atomic mass is 16.6. The van der Waals surface area contributed by atoms with E-state index in [-0.39, 0.29) is 0 Å². The molecule has 0 saturated carbocycles. The molecular weight excluding hydrogens is 166 g/mol. The van der Waals surface area contributed by atoms with Gasteiger partial charge in [0.2, 0.25) is 0 Å². The number of nitrogens with zero attached hydrogens (tertiary/aromatic N) is 3. The molecule has 0 bridgehead atoms. The summed E-state index contributed by atoms with van der Waals surface area (Å²) in [5.74, 6) is 0. The van der Waals surface area contributed by atoms with E-state index in [1.807, 2.05) is 0 Å². The molecule has 1 rings (SSSR count). The fourth-order valence-electron chi connectivity index (χ4n) is 1.08. The molecule has 1 aliphatic heterocycles. The van der Waals surface area contributed by atoms with Gasteiger partial charge in [0.15, 0.2) is 6.29 Å². The molecular formula is C5H9N3O4. The Bertz CT molecular complexity index is 205. The number of rotatable bonds is 2. The lowest BCUT2D eigenvalue weighted by atomic mass is 10.1. The third kappa shape index (κ3) is 1.50. The first kappa shape index (κ1) is 9.24. The van der Waals surface area contributed by atoms with E-state index >= 15 is 0 Å². The second-order valence-corrected chi connectivity index (χ2v) is 2.43. The minimum atomic E-state index is -1.39. The molecule has 0 aromatic carbocycles. The zero-order valence-electron chi connectivity index (χ0n) is 6.11. The SMILES string of the molecule is [N-]=[N+]=N[C@@H]1[C@H](CO)OC(O)[C@H]1O. The normalized spacial score (nSPS) is 40.9. The van der Waals surface area contributed by atoms with Crippen molar-refractivity contribution >= 4 is 0 Å². The second-order valence-electron chi connectivity index (χ2n) is 2.43. The highest BCUT2D eigenvalue weighted by Gasteiger charge is 2.41. The van der Waals surface area contributed by atoms with Gasteiger partial charge >= 0.3 is 0 Å². The van der Waals surface area contributed by atoms with Gasteiger partial charge in [0.05, 0.1) is 18.8 Å². The van der Waals surface area contributed by atoms with Gasteiger partial charge < -0.3 is 20.1 Å². The quantitative estimate of drug-likeness (QED) is 0.275. The van der Waals surface area contributed by atoms with Crippen molar-refractivity contribution in [1.29, 1.82) is 0 Å². The van der Waals surface area contributed by atoms with Crippen molar-refractivity contribution < 1.29 is 20.1 Å². The number of hydrogen-bond acceptors (Lipinski definition) is 5. The van der Waals surface area contributed by atoms with Gasteiger partial charge in [-0.15, -0.1) is 0 Å². The summed E-state index contributed by atoms with van der Waals surface area (Å²) in [4.78, 5) is 2.46. The van der Waals surface area contributed by atoms with Crippen molar-refractivity contribution in [3.63, 3.8) is 0 Å². The van der Waals surface area contributed by atoms with Crippen LogP contribution in [0.25, 0.3) is 10.4 Å². The van der Waals surface area contributed by atoms with E-state index in [1.54, 1.807) is 0 Å². The monoisotopic (exact) mass is 175 g/mol. The maximum absolute atomic E-state index is 9.14. The lowest BCUT2D eigenvalue weighted by molar-refractivity contribution is -0.132. The number of aliphatic hydroxyl groups is 3. The first-order valence-electron chi connectivity index (χ1n) is 3.37. The summed E-state index contributed by atoms with van der Waals surface area (Å²) in [5, 5.41) is 29.9. The van der Waals surface area contributed by atoms with Gasteiger partial charge in [-0.1, -0.05) is 5.11 Å². The van der Waals surface area contributed by atoms with E-state index in [1.165, 1.54) is 0 Å². The van der Waals surface area contributed by atoms with Gasteiger partial charge in [-0.25, -0.2) is 0 Å². The molecule has 12 heavy (non-hydrogen) atoms. The van der Waals surface area contributed by atoms with Crippen LogP contribution in [0.2, 0.25) is 0 Å². The van der Waals surface area contributed by atoms with Gasteiger partial charge in [0.25, 0.3) is 0 Å². The summed E-state index contributed by atoms with van der Waals surface area (Å²) in [5.41, 5.74) is 8.07. The van der Waals surface area contributed by atoms with Crippen LogP contribution in [0.1, 0.15) is 0 Å². The molecule has 4 atom stereocenters. The summed E-state index contributed by atoms with van der Waals surface area (Å²) < 4.78 is 4.68. The average molecular weight is 175 g/mol. The van der Waals surface area contributed by atoms with Gasteiger partial charge in [0, 0.05) is 4.91 Å². The van der Waals surface area contributed by atoms with E-state index < -0.39 is 31.1 Å². The summed E-state index contributed by atoms with van der Waals surface area (Å²) in [6.07, 6.45) is -3.48. The Morgan fingerprint density at radius 3 is 2.67 bits per heavy atom. The Hall–Kier alpha value is -0.850. The second kappa shape index (κ2) is 3.70. The smallest absolute Gasteiger partial charge is 0.181 e. The Balaban J connectivity index is 2.72. The summed E-state index contributed by atoms with van der Waals surface area (Å²) >= 11 is 0. The fourth-order valence-corrected chi connectivity index (χ4v) is 1.08.